The SMILES string of the molecule is CC(=O)/C(Sc1ccc(Cl)cc1)=C(/C)Nc1ccccc1. The average molecular weight is 318 g/mol. The van der Waals surface area contributed by atoms with Gasteiger partial charge in [0.2, 0.25) is 0 Å². The number of hydrogen-bond acceptors (Lipinski definition) is 3. The van der Waals surface area contributed by atoms with Gasteiger partial charge in [0, 0.05) is 21.3 Å². The Morgan fingerprint density at radius 2 is 1.62 bits per heavy atom. The summed E-state index contributed by atoms with van der Waals surface area (Å²) in [6, 6.07) is 17.3. The molecule has 2 aromatic carbocycles. The largest absolute Gasteiger partial charge is 0.358 e. The van der Waals surface area contributed by atoms with Gasteiger partial charge in [0.15, 0.2) is 5.78 Å². The van der Waals surface area contributed by atoms with Crippen LogP contribution in [0.25, 0.3) is 0 Å². The standard InChI is InChI=1S/C17H16ClNOS/c1-12(19-15-6-4-3-5-7-15)17(13(2)20)21-16-10-8-14(18)9-11-16/h3-11,19H,1-2H3/b17-12+. The second kappa shape index (κ2) is 7.34. The van der Waals surface area contributed by atoms with Crippen molar-refractivity contribution in [1.29, 1.82) is 0 Å². The number of thioether (sulfide) groups is 1. The van der Waals surface area contributed by atoms with Gasteiger partial charge in [0.25, 0.3) is 0 Å². The van der Waals surface area contributed by atoms with Crippen LogP contribution in [0.15, 0.2) is 70.1 Å². The maximum atomic E-state index is 11.9. The average Bonchev–Trinajstić information content (AvgIpc) is 2.47. The van der Waals surface area contributed by atoms with E-state index in [0.29, 0.717) is 9.93 Å². The van der Waals surface area contributed by atoms with E-state index in [4.69, 9.17) is 11.6 Å². The van der Waals surface area contributed by atoms with Crippen molar-refractivity contribution < 1.29 is 4.79 Å². The topological polar surface area (TPSA) is 29.1 Å². The normalized spacial score (nSPS) is 11.8. The zero-order chi connectivity index (χ0) is 15.2. The molecule has 108 valence electrons. The van der Waals surface area contributed by atoms with E-state index in [9.17, 15) is 4.79 Å². The lowest BCUT2D eigenvalue weighted by Crippen LogP contribution is -2.04. The molecule has 0 aliphatic rings. The molecular formula is C17H16ClNOS. The van der Waals surface area contributed by atoms with Crippen LogP contribution >= 0.6 is 23.4 Å². The van der Waals surface area contributed by atoms with Crippen molar-refractivity contribution in [2.75, 3.05) is 5.32 Å². The molecule has 0 radical (unpaired) electrons. The van der Waals surface area contributed by atoms with Crippen LogP contribution in [0.1, 0.15) is 13.8 Å². The van der Waals surface area contributed by atoms with Gasteiger partial charge in [-0.25, -0.2) is 0 Å². The van der Waals surface area contributed by atoms with Crippen molar-refractivity contribution in [3.63, 3.8) is 0 Å². The zero-order valence-corrected chi connectivity index (χ0v) is 13.5. The molecule has 0 aromatic heterocycles. The molecule has 4 heteroatoms. The smallest absolute Gasteiger partial charge is 0.168 e. The van der Waals surface area contributed by atoms with Gasteiger partial charge >= 0.3 is 0 Å². The van der Waals surface area contributed by atoms with E-state index < -0.39 is 0 Å². The van der Waals surface area contributed by atoms with Crippen LogP contribution in [0, 0.1) is 0 Å². The van der Waals surface area contributed by atoms with Gasteiger partial charge in [-0.15, -0.1) is 0 Å². The van der Waals surface area contributed by atoms with Gasteiger partial charge in [0.05, 0.1) is 4.91 Å². The highest BCUT2D eigenvalue weighted by Gasteiger charge is 2.11. The molecule has 0 aliphatic heterocycles. The monoisotopic (exact) mass is 317 g/mol. The lowest BCUT2D eigenvalue weighted by Gasteiger charge is -2.12. The molecule has 0 heterocycles. The fraction of sp³-hybridized carbons (Fsp3) is 0.118. The van der Waals surface area contributed by atoms with Crippen LogP contribution in [0.4, 0.5) is 5.69 Å². The second-order valence-corrected chi connectivity index (χ2v) is 6.08. The molecule has 0 saturated heterocycles. The molecule has 0 unspecified atom stereocenters. The van der Waals surface area contributed by atoms with Crippen molar-refractivity contribution in [2.45, 2.75) is 18.7 Å². The Hall–Kier alpha value is -1.71. The van der Waals surface area contributed by atoms with Gasteiger partial charge in [-0.1, -0.05) is 41.6 Å². The summed E-state index contributed by atoms with van der Waals surface area (Å²) in [7, 11) is 0. The lowest BCUT2D eigenvalue weighted by molar-refractivity contribution is -0.113. The fourth-order valence-corrected chi connectivity index (χ4v) is 2.81. The number of benzene rings is 2. The second-order valence-electron chi connectivity index (χ2n) is 4.56. The molecule has 0 bridgehead atoms. The van der Waals surface area contributed by atoms with E-state index in [1.165, 1.54) is 11.8 Å². The number of nitrogens with one attached hydrogen (secondary N) is 1. The molecule has 2 aromatic rings. The predicted molar refractivity (Wildman–Crippen MR) is 90.8 cm³/mol. The fourth-order valence-electron chi connectivity index (χ4n) is 1.83. The Balaban J connectivity index is 2.22. The van der Waals surface area contributed by atoms with E-state index in [2.05, 4.69) is 5.32 Å². The summed E-state index contributed by atoms with van der Waals surface area (Å²) in [5.74, 6) is 0.0379. The first kappa shape index (κ1) is 15.7. The Kier molecular flexibility index (Phi) is 5.48. The number of Topliss-reactive ketones (excluding diaryl/α,β-unsaturated/α-hetero) is 1. The quantitative estimate of drug-likeness (QED) is 0.594. The molecule has 0 spiro atoms. The molecule has 2 nitrogen and oxygen atoms in total. The Morgan fingerprint density at radius 1 is 1.00 bits per heavy atom. The van der Waals surface area contributed by atoms with Gasteiger partial charge in [0.1, 0.15) is 0 Å². The number of ketones is 1. The minimum absolute atomic E-state index is 0.0379. The molecule has 0 saturated carbocycles. The third-order valence-corrected chi connectivity index (χ3v) is 4.36. The minimum atomic E-state index is 0.0379. The molecule has 21 heavy (non-hydrogen) atoms. The first-order valence-electron chi connectivity index (χ1n) is 6.53. The van der Waals surface area contributed by atoms with E-state index >= 15 is 0 Å². The number of anilines is 1. The summed E-state index contributed by atoms with van der Waals surface area (Å²) in [6.45, 7) is 3.49. The highest BCUT2D eigenvalue weighted by Crippen LogP contribution is 2.30. The van der Waals surface area contributed by atoms with Crippen LogP contribution in [0.5, 0.6) is 0 Å². The van der Waals surface area contributed by atoms with Gasteiger partial charge in [-0.2, -0.15) is 0 Å². The third-order valence-electron chi connectivity index (χ3n) is 2.80. The number of carbonyl (C=O) groups excluding carboxylic acids is 1. The van der Waals surface area contributed by atoms with Crippen LogP contribution in [-0.2, 0) is 4.79 Å². The van der Waals surface area contributed by atoms with Gasteiger partial charge in [-0.3, -0.25) is 4.79 Å². The number of carbonyl (C=O) groups is 1. The van der Waals surface area contributed by atoms with E-state index in [0.717, 1.165) is 16.3 Å². The number of halogens is 1. The number of para-hydroxylation sites is 1. The van der Waals surface area contributed by atoms with Crippen molar-refractivity contribution in [3.05, 3.63) is 70.2 Å². The van der Waals surface area contributed by atoms with Crippen LogP contribution in [-0.4, -0.2) is 5.78 Å². The summed E-state index contributed by atoms with van der Waals surface area (Å²) in [5.41, 5.74) is 1.80. The Bertz CT molecular complexity index is 650. The number of allylic oxidation sites excluding steroid dienone is 2. The Labute approximate surface area is 134 Å². The van der Waals surface area contributed by atoms with Crippen LogP contribution in [0.2, 0.25) is 5.02 Å². The molecule has 0 amide bonds. The highest BCUT2D eigenvalue weighted by atomic mass is 35.5. The lowest BCUT2D eigenvalue weighted by atomic mass is 10.3. The molecule has 2 rings (SSSR count). The summed E-state index contributed by atoms with van der Waals surface area (Å²) in [6.07, 6.45) is 0. The van der Waals surface area contributed by atoms with Crippen LogP contribution in [0.3, 0.4) is 0 Å². The van der Waals surface area contributed by atoms with Crippen LogP contribution < -0.4 is 5.32 Å². The number of rotatable bonds is 5. The number of hydrogen-bond donors (Lipinski definition) is 1. The summed E-state index contributed by atoms with van der Waals surface area (Å²) < 4.78 is 0. The first-order chi connectivity index (χ1) is 10.1. The predicted octanol–water partition coefficient (Wildman–Crippen LogP) is 5.36. The first-order valence-corrected chi connectivity index (χ1v) is 7.73. The maximum Gasteiger partial charge on any atom is 0.168 e. The van der Waals surface area contributed by atoms with E-state index in [1.807, 2.05) is 61.5 Å². The van der Waals surface area contributed by atoms with E-state index in [1.54, 1.807) is 6.92 Å². The van der Waals surface area contributed by atoms with Crippen molar-refractivity contribution in [3.8, 4) is 0 Å². The maximum absolute atomic E-state index is 11.9. The van der Waals surface area contributed by atoms with Crippen molar-refractivity contribution in [2.24, 2.45) is 0 Å². The van der Waals surface area contributed by atoms with Gasteiger partial charge in [-0.05, 0) is 50.2 Å². The molecule has 1 N–H and O–H groups in total. The minimum Gasteiger partial charge on any atom is -0.358 e. The van der Waals surface area contributed by atoms with Crippen molar-refractivity contribution in [1.82, 2.24) is 0 Å². The molecule has 0 atom stereocenters. The zero-order valence-electron chi connectivity index (χ0n) is 11.9. The third kappa shape index (κ3) is 4.66. The van der Waals surface area contributed by atoms with Gasteiger partial charge < -0.3 is 5.32 Å². The summed E-state index contributed by atoms with van der Waals surface area (Å²) >= 11 is 7.32. The Morgan fingerprint density at radius 3 is 2.19 bits per heavy atom. The highest BCUT2D eigenvalue weighted by molar-refractivity contribution is 8.04. The molecular weight excluding hydrogens is 302 g/mol. The van der Waals surface area contributed by atoms with Crippen molar-refractivity contribution >= 4 is 34.8 Å². The molecule has 0 aliphatic carbocycles. The molecule has 0 fully saturated rings. The summed E-state index contributed by atoms with van der Waals surface area (Å²) in [5, 5.41) is 3.95. The van der Waals surface area contributed by atoms with E-state index in [-0.39, 0.29) is 5.78 Å². The summed E-state index contributed by atoms with van der Waals surface area (Å²) in [4.78, 5) is 13.6.